The molecule has 1 N–H and O–H groups in total. The lowest BCUT2D eigenvalue weighted by molar-refractivity contribution is 0.425. The Morgan fingerprint density at radius 3 is 2.71 bits per heavy atom. The van der Waals surface area contributed by atoms with Gasteiger partial charge in [-0.15, -0.1) is 0 Å². The van der Waals surface area contributed by atoms with Crippen LogP contribution in [0.15, 0.2) is 24.5 Å². The molecule has 5 heteroatoms. The van der Waals surface area contributed by atoms with Crippen LogP contribution in [0, 0.1) is 6.92 Å². The van der Waals surface area contributed by atoms with Crippen molar-refractivity contribution in [3.8, 4) is 0 Å². The standard InChI is InChI=1S/C19H29N5/c1-15-22-14-18(23(15)2)13-20-12-16-8-7-11-21-19(16)24(3)17-9-5-4-6-10-17/h7-8,11,14,17,20H,4-6,9-10,12-13H2,1-3H3. The summed E-state index contributed by atoms with van der Waals surface area (Å²) in [7, 11) is 4.26. The van der Waals surface area contributed by atoms with Crippen molar-refractivity contribution in [3.63, 3.8) is 0 Å². The average Bonchev–Trinajstić information content (AvgIpc) is 2.94. The van der Waals surface area contributed by atoms with Gasteiger partial charge >= 0.3 is 0 Å². The molecule has 1 fully saturated rings. The van der Waals surface area contributed by atoms with Crippen molar-refractivity contribution >= 4 is 5.82 Å². The first kappa shape index (κ1) is 17.0. The number of pyridine rings is 1. The molecule has 0 bridgehead atoms. The van der Waals surface area contributed by atoms with Crippen LogP contribution >= 0.6 is 0 Å². The molecular weight excluding hydrogens is 298 g/mol. The summed E-state index contributed by atoms with van der Waals surface area (Å²) in [6.45, 7) is 3.67. The van der Waals surface area contributed by atoms with E-state index >= 15 is 0 Å². The predicted molar refractivity (Wildman–Crippen MR) is 98.0 cm³/mol. The Labute approximate surface area is 145 Å². The highest BCUT2D eigenvalue weighted by Crippen LogP contribution is 2.26. The molecule has 2 aromatic rings. The molecule has 0 atom stereocenters. The number of imidazole rings is 1. The molecule has 0 spiro atoms. The van der Waals surface area contributed by atoms with Crippen LogP contribution < -0.4 is 10.2 Å². The van der Waals surface area contributed by atoms with Gasteiger partial charge in [-0.25, -0.2) is 9.97 Å². The monoisotopic (exact) mass is 327 g/mol. The summed E-state index contributed by atoms with van der Waals surface area (Å²) in [4.78, 5) is 11.4. The van der Waals surface area contributed by atoms with Crippen molar-refractivity contribution in [2.75, 3.05) is 11.9 Å². The Kier molecular flexibility index (Phi) is 5.51. The van der Waals surface area contributed by atoms with Crippen molar-refractivity contribution in [2.24, 2.45) is 7.05 Å². The molecule has 0 unspecified atom stereocenters. The van der Waals surface area contributed by atoms with Gasteiger partial charge in [-0.05, 0) is 25.8 Å². The zero-order valence-electron chi connectivity index (χ0n) is 15.1. The molecule has 0 saturated heterocycles. The van der Waals surface area contributed by atoms with Crippen LogP contribution in [0.3, 0.4) is 0 Å². The molecule has 2 aromatic heterocycles. The van der Waals surface area contributed by atoms with Crippen molar-refractivity contribution in [1.29, 1.82) is 0 Å². The third-order valence-electron chi connectivity index (χ3n) is 5.26. The Morgan fingerprint density at radius 2 is 2.00 bits per heavy atom. The van der Waals surface area contributed by atoms with Crippen LogP contribution in [0.1, 0.15) is 49.2 Å². The molecule has 0 amide bonds. The van der Waals surface area contributed by atoms with Gasteiger partial charge in [0.1, 0.15) is 11.6 Å². The van der Waals surface area contributed by atoms with E-state index in [-0.39, 0.29) is 0 Å². The van der Waals surface area contributed by atoms with E-state index in [1.165, 1.54) is 43.4 Å². The highest BCUT2D eigenvalue weighted by Gasteiger charge is 2.20. The second-order valence-electron chi connectivity index (χ2n) is 6.85. The summed E-state index contributed by atoms with van der Waals surface area (Å²) in [6.07, 6.45) is 10.5. The number of hydrogen-bond acceptors (Lipinski definition) is 4. The summed E-state index contributed by atoms with van der Waals surface area (Å²) < 4.78 is 2.13. The van der Waals surface area contributed by atoms with Crippen LogP contribution in [0.5, 0.6) is 0 Å². The molecule has 2 heterocycles. The lowest BCUT2D eigenvalue weighted by atomic mass is 9.94. The second-order valence-corrected chi connectivity index (χ2v) is 6.85. The van der Waals surface area contributed by atoms with E-state index in [4.69, 9.17) is 0 Å². The van der Waals surface area contributed by atoms with Crippen molar-refractivity contribution < 1.29 is 0 Å². The Hall–Kier alpha value is -1.88. The van der Waals surface area contributed by atoms with Crippen molar-refractivity contribution in [1.82, 2.24) is 19.9 Å². The van der Waals surface area contributed by atoms with E-state index in [0.29, 0.717) is 6.04 Å². The molecule has 0 aromatic carbocycles. The number of anilines is 1. The number of nitrogens with one attached hydrogen (secondary N) is 1. The van der Waals surface area contributed by atoms with Crippen LogP contribution in [-0.4, -0.2) is 27.6 Å². The minimum atomic E-state index is 0.632. The van der Waals surface area contributed by atoms with Crippen LogP contribution in [-0.2, 0) is 20.1 Å². The maximum absolute atomic E-state index is 4.67. The predicted octanol–water partition coefficient (Wildman–Crippen LogP) is 3.18. The van der Waals surface area contributed by atoms with E-state index in [1.807, 2.05) is 25.4 Å². The third-order valence-corrected chi connectivity index (χ3v) is 5.26. The molecule has 0 radical (unpaired) electrons. The maximum atomic E-state index is 4.67. The Bertz CT molecular complexity index is 658. The minimum absolute atomic E-state index is 0.632. The smallest absolute Gasteiger partial charge is 0.132 e. The summed E-state index contributed by atoms with van der Waals surface area (Å²) in [5, 5.41) is 3.54. The molecular formula is C19H29N5. The van der Waals surface area contributed by atoms with Crippen molar-refractivity contribution in [3.05, 3.63) is 41.6 Å². The quantitative estimate of drug-likeness (QED) is 0.885. The number of hydrogen-bond donors (Lipinski definition) is 1. The molecule has 1 saturated carbocycles. The number of aryl methyl sites for hydroxylation is 1. The molecule has 0 aliphatic heterocycles. The SMILES string of the molecule is Cc1ncc(CNCc2cccnc2N(C)C2CCCCC2)n1C. The average molecular weight is 327 g/mol. The topological polar surface area (TPSA) is 46.0 Å². The Morgan fingerprint density at radius 1 is 1.21 bits per heavy atom. The van der Waals surface area contributed by atoms with E-state index < -0.39 is 0 Å². The number of aromatic nitrogens is 3. The van der Waals surface area contributed by atoms with Gasteiger partial charge in [0.2, 0.25) is 0 Å². The van der Waals surface area contributed by atoms with E-state index in [9.17, 15) is 0 Å². The zero-order chi connectivity index (χ0) is 16.9. The van der Waals surface area contributed by atoms with Gasteiger partial charge in [-0.3, -0.25) is 0 Å². The molecule has 5 nitrogen and oxygen atoms in total. The lowest BCUT2D eigenvalue weighted by Gasteiger charge is -2.33. The van der Waals surface area contributed by atoms with E-state index in [0.717, 1.165) is 24.7 Å². The van der Waals surface area contributed by atoms with Gasteiger partial charge in [0, 0.05) is 51.2 Å². The summed E-state index contributed by atoms with van der Waals surface area (Å²) in [5.74, 6) is 2.17. The normalized spacial score (nSPS) is 15.6. The molecule has 1 aliphatic rings. The Balaban J connectivity index is 1.64. The first-order chi connectivity index (χ1) is 11.7. The fourth-order valence-electron chi connectivity index (χ4n) is 3.57. The number of nitrogens with zero attached hydrogens (tertiary/aromatic N) is 4. The first-order valence-electron chi connectivity index (χ1n) is 9.01. The second kappa shape index (κ2) is 7.79. The van der Waals surface area contributed by atoms with Crippen LogP contribution in [0.4, 0.5) is 5.82 Å². The molecule has 1 aliphatic carbocycles. The van der Waals surface area contributed by atoms with Gasteiger partial charge < -0.3 is 14.8 Å². The van der Waals surface area contributed by atoms with Gasteiger partial charge in [0.25, 0.3) is 0 Å². The fourth-order valence-corrected chi connectivity index (χ4v) is 3.57. The van der Waals surface area contributed by atoms with E-state index in [2.05, 4.69) is 44.9 Å². The molecule has 130 valence electrons. The third kappa shape index (κ3) is 3.78. The zero-order valence-corrected chi connectivity index (χ0v) is 15.1. The summed E-state index contributed by atoms with van der Waals surface area (Å²) in [6, 6.07) is 4.85. The maximum Gasteiger partial charge on any atom is 0.132 e. The largest absolute Gasteiger partial charge is 0.356 e. The lowest BCUT2D eigenvalue weighted by Crippen LogP contribution is -2.35. The van der Waals surface area contributed by atoms with E-state index in [1.54, 1.807) is 0 Å². The highest BCUT2D eigenvalue weighted by molar-refractivity contribution is 5.47. The summed E-state index contributed by atoms with van der Waals surface area (Å²) >= 11 is 0. The van der Waals surface area contributed by atoms with Gasteiger partial charge in [0.15, 0.2) is 0 Å². The van der Waals surface area contributed by atoms with Crippen LogP contribution in [0.2, 0.25) is 0 Å². The van der Waals surface area contributed by atoms with Crippen LogP contribution in [0.25, 0.3) is 0 Å². The van der Waals surface area contributed by atoms with Gasteiger partial charge in [-0.2, -0.15) is 0 Å². The van der Waals surface area contributed by atoms with Crippen molar-refractivity contribution in [2.45, 2.75) is 58.2 Å². The minimum Gasteiger partial charge on any atom is -0.356 e. The fraction of sp³-hybridized carbons (Fsp3) is 0.579. The number of rotatable bonds is 6. The molecule has 3 rings (SSSR count). The first-order valence-corrected chi connectivity index (χ1v) is 9.01. The molecule has 24 heavy (non-hydrogen) atoms. The summed E-state index contributed by atoms with van der Waals surface area (Å²) in [5.41, 5.74) is 2.48. The van der Waals surface area contributed by atoms with Gasteiger partial charge in [0.05, 0.1) is 5.69 Å². The highest BCUT2D eigenvalue weighted by atomic mass is 15.2. The van der Waals surface area contributed by atoms with Gasteiger partial charge in [-0.1, -0.05) is 25.3 Å².